The van der Waals surface area contributed by atoms with Crippen molar-refractivity contribution in [2.75, 3.05) is 13.2 Å². The monoisotopic (exact) mass is 186 g/mol. The first-order chi connectivity index (χ1) is 6.41. The van der Waals surface area contributed by atoms with Crippen LogP contribution in [0.1, 0.15) is 44.9 Å². The minimum atomic E-state index is 0.163. The largest absolute Gasteiger partial charge is 0.396 e. The average Bonchev–Trinajstić information content (AvgIpc) is 2.16. The molecule has 0 fully saturated rings. The zero-order chi connectivity index (χ0) is 9.78. The molecule has 0 bridgehead atoms. The van der Waals surface area contributed by atoms with Gasteiger partial charge in [-0.3, -0.25) is 0 Å². The molecule has 0 aliphatic carbocycles. The van der Waals surface area contributed by atoms with E-state index in [1.165, 1.54) is 25.7 Å². The number of aliphatic hydroxyl groups is 2. The molecule has 2 N–H and O–H groups in total. The van der Waals surface area contributed by atoms with Gasteiger partial charge in [0, 0.05) is 6.61 Å². The Hall–Kier alpha value is -0.340. The van der Waals surface area contributed by atoms with Crippen molar-refractivity contribution in [2.24, 2.45) is 0 Å². The third-order valence-corrected chi connectivity index (χ3v) is 2.05. The van der Waals surface area contributed by atoms with Gasteiger partial charge in [-0.2, -0.15) is 0 Å². The van der Waals surface area contributed by atoms with Crippen LogP contribution in [0.2, 0.25) is 0 Å². The van der Waals surface area contributed by atoms with E-state index < -0.39 is 0 Å². The van der Waals surface area contributed by atoms with Gasteiger partial charge in [0.2, 0.25) is 0 Å². The molecule has 0 heterocycles. The van der Waals surface area contributed by atoms with Crippen LogP contribution >= 0.6 is 0 Å². The summed E-state index contributed by atoms with van der Waals surface area (Å²) >= 11 is 0. The molecule has 0 radical (unpaired) electrons. The van der Waals surface area contributed by atoms with Crippen LogP contribution in [0.3, 0.4) is 0 Å². The van der Waals surface area contributed by atoms with Crippen molar-refractivity contribution >= 4 is 0 Å². The fourth-order valence-electron chi connectivity index (χ4n) is 1.27. The van der Waals surface area contributed by atoms with E-state index in [1.807, 2.05) is 6.08 Å². The van der Waals surface area contributed by atoms with Gasteiger partial charge in [-0.25, -0.2) is 0 Å². The first-order valence-corrected chi connectivity index (χ1v) is 5.28. The third kappa shape index (κ3) is 11.7. The van der Waals surface area contributed by atoms with Gasteiger partial charge < -0.3 is 10.2 Å². The topological polar surface area (TPSA) is 40.5 Å². The summed E-state index contributed by atoms with van der Waals surface area (Å²) in [6.45, 7) is 0.496. The highest BCUT2D eigenvalue weighted by Crippen LogP contribution is 2.06. The van der Waals surface area contributed by atoms with Gasteiger partial charge in [0.1, 0.15) is 0 Å². The smallest absolute Gasteiger partial charge is 0.0612 e. The minimum Gasteiger partial charge on any atom is -0.396 e. The molecule has 0 spiro atoms. The molecule has 0 saturated heterocycles. The number of rotatable bonds is 9. The lowest BCUT2D eigenvalue weighted by Crippen LogP contribution is -1.83. The fraction of sp³-hybridized carbons (Fsp3) is 0.818. The Kier molecular flexibility index (Phi) is 11.4. The van der Waals surface area contributed by atoms with Gasteiger partial charge in [-0.1, -0.05) is 37.8 Å². The van der Waals surface area contributed by atoms with E-state index in [1.54, 1.807) is 6.08 Å². The first-order valence-electron chi connectivity index (χ1n) is 5.28. The fourth-order valence-corrected chi connectivity index (χ4v) is 1.27. The highest BCUT2D eigenvalue weighted by molar-refractivity contribution is 4.80. The van der Waals surface area contributed by atoms with Crippen molar-refractivity contribution in [3.63, 3.8) is 0 Å². The highest BCUT2D eigenvalue weighted by Gasteiger charge is 1.89. The predicted molar refractivity (Wildman–Crippen MR) is 55.6 cm³/mol. The Bertz CT molecular complexity index is 111. The lowest BCUT2D eigenvalue weighted by atomic mass is 10.1. The molecule has 0 rings (SSSR count). The maximum absolute atomic E-state index is 8.53. The van der Waals surface area contributed by atoms with Crippen molar-refractivity contribution in [1.29, 1.82) is 0 Å². The molecule has 78 valence electrons. The molecule has 0 aromatic rings. The van der Waals surface area contributed by atoms with E-state index in [0.29, 0.717) is 6.61 Å². The van der Waals surface area contributed by atoms with Crippen LogP contribution < -0.4 is 0 Å². The molecule has 0 saturated carbocycles. The standard InChI is InChI=1S/C11H22O2/c12-10-8-6-4-2-1-3-5-7-9-11-13/h6,8,12-13H,1-5,7,9-11H2/b8-6+. The lowest BCUT2D eigenvalue weighted by Gasteiger charge is -1.98. The Balaban J connectivity index is 2.87. The van der Waals surface area contributed by atoms with Crippen molar-refractivity contribution in [3.8, 4) is 0 Å². The van der Waals surface area contributed by atoms with Crippen molar-refractivity contribution in [1.82, 2.24) is 0 Å². The van der Waals surface area contributed by atoms with E-state index in [9.17, 15) is 0 Å². The van der Waals surface area contributed by atoms with Crippen LogP contribution in [-0.4, -0.2) is 23.4 Å². The third-order valence-electron chi connectivity index (χ3n) is 2.05. The molecule has 0 atom stereocenters. The molecular weight excluding hydrogens is 164 g/mol. The average molecular weight is 186 g/mol. The summed E-state index contributed by atoms with van der Waals surface area (Å²) in [6.07, 6.45) is 12.0. The Morgan fingerprint density at radius 1 is 0.692 bits per heavy atom. The summed E-state index contributed by atoms with van der Waals surface area (Å²) in [6, 6.07) is 0. The summed E-state index contributed by atoms with van der Waals surface area (Å²) < 4.78 is 0. The van der Waals surface area contributed by atoms with Crippen LogP contribution in [0, 0.1) is 0 Å². The van der Waals surface area contributed by atoms with E-state index >= 15 is 0 Å². The molecule has 0 aliphatic rings. The molecule has 2 nitrogen and oxygen atoms in total. The van der Waals surface area contributed by atoms with Gasteiger partial charge in [0.05, 0.1) is 6.61 Å². The maximum atomic E-state index is 8.53. The number of hydrogen-bond acceptors (Lipinski definition) is 2. The summed E-state index contributed by atoms with van der Waals surface area (Å²) in [7, 11) is 0. The van der Waals surface area contributed by atoms with E-state index in [2.05, 4.69) is 0 Å². The van der Waals surface area contributed by atoms with Crippen molar-refractivity contribution in [2.45, 2.75) is 44.9 Å². The zero-order valence-electron chi connectivity index (χ0n) is 8.41. The van der Waals surface area contributed by atoms with Gasteiger partial charge in [0.15, 0.2) is 0 Å². The van der Waals surface area contributed by atoms with Crippen LogP contribution in [0.4, 0.5) is 0 Å². The second-order valence-corrected chi connectivity index (χ2v) is 3.29. The highest BCUT2D eigenvalue weighted by atomic mass is 16.3. The molecule has 0 unspecified atom stereocenters. The summed E-state index contributed by atoms with van der Waals surface area (Å²) in [5.74, 6) is 0. The molecule has 0 aliphatic heterocycles. The van der Waals surface area contributed by atoms with Crippen LogP contribution in [-0.2, 0) is 0 Å². The Morgan fingerprint density at radius 2 is 1.31 bits per heavy atom. The summed E-state index contributed by atoms with van der Waals surface area (Å²) in [4.78, 5) is 0. The Morgan fingerprint density at radius 3 is 1.92 bits per heavy atom. The molecule has 0 aromatic carbocycles. The molecule has 2 heteroatoms. The molecule has 13 heavy (non-hydrogen) atoms. The van der Waals surface area contributed by atoms with Crippen LogP contribution in [0.5, 0.6) is 0 Å². The number of aliphatic hydroxyl groups excluding tert-OH is 2. The van der Waals surface area contributed by atoms with Gasteiger partial charge in [0.25, 0.3) is 0 Å². The number of allylic oxidation sites excluding steroid dienone is 1. The van der Waals surface area contributed by atoms with Crippen molar-refractivity contribution in [3.05, 3.63) is 12.2 Å². The lowest BCUT2D eigenvalue weighted by molar-refractivity contribution is 0.282. The summed E-state index contributed by atoms with van der Waals surface area (Å²) in [5.41, 5.74) is 0. The van der Waals surface area contributed by atoms with Gasteiger partial charge in [-0.15, -0.1) is 0 Å². The van der Waals surface area contributed by atoms with Crippen LogP contribution in [0.25, 0.3) is 0 Å². The Labute approximate surface area is 81.3 Å². The normalized spacial score (nSPS) is 11.2. The number of hydrogen-bond donors (Lipinski definition) is 2. The van der Waals surface area contributed by atoms with E-state index in [0.717, 1.165) is 19.3 Å². The van der Waals surface area contributed by atoms with Crippen molar-refractivity contribution < 1.29 is 10.2 Å². The second-order valence-electron chi connectivity index (χ2n) is 3.29. The number of unbranched alkanes of at least 4 members (excludes halogenated alkanes) is 6. The summed E-state index contributed by atoms with van der Waals surface area (Å²) in [5, 5.41) is 17.0. The molecule has 0 amide bonds. The zero-order valence-corrected chi connectivity index (χ0v) is 8.41. The maximum Gasteiger partial charge on any atom is 0.0612 e. The van der Waals surface area contributed by atoms with E-state index in [-0.39, 0.29) is 6.61 Å². The van der Waals surface area contributed by atoms with Gasteiger partial charge in [-0.05, 0) is 19.3 Å². The quantitative estimate of drug-likeness (QED) is 0.428. The minimum absolute atomic E-state index is 0.163. The van der Waals surface area contributed by atoms with Gasteiger partial charge >= 0.3 is 0 Å². The molecular formula is C11H22O2. The SMILES string of the molecule is OC/C=C/CCCCCCCCO. The predicted octanol–water partition coefficient (Wildman–Crippen LogP) is 2.26. The second kappa shape index (κ2) is 11.7. The first kappa shape index (κ1) is 12.7. The van der Waals surface area contributed by atoms with Crippen LogP contribution in [0.15, 0.2) is 12.2 Å². The van der Waals surface area contributed by atoms with E-state index in [4.69, 9.17) is 10.2 Å². The molecule has 0 aromatic heterocycles.